The van der Waals surface area contributed by atoms with Gasteiger partial charge in [0.2, 0.25) is 0 Å². The van der Waals surface area contributed by atoms with Gasteiger partial charge >= 0.3 is 0 Å². The maximum Gasteiger partial charge on any atom is 0.133 e. The van der Waals surface area contributed by atoms with Gasteiger partial charge in [-0.1, -0.05) is 5.16 Å². The van der Waals surface area contributed by atoms with Gasteiger partial charge in [-0.15, -0.1) is 0 Å². The van der Waals surface area contributed by atoms with E-state index >= 15 is 0 Å². The summed E-state index contributed by atoms with van der Waals surface area (Å²) in [5, 5.41) is 3.98. The van der Waals surface area contributed by atoms with E-state index in [2.05, 4.69) is 16.1 Å². The summed E-state index contributed by atoms with van der Waals surface area (Å²) in [4.78, 5) is 2.10. The second-order valence-corrected chi connectivity index (χ2v) is 4.39. The standard InChI is InChI=1S/C13H17N3O/c1-9-4-11(14)7-13(5-9)16(3)8-12-6-10(2)17-15-12/h4-7H,8,14H2,1-3H3. The second-order valence-electron chi connectivity index (χ2n) is 4.39. The Morgan fingerprint density at radius 1 is 1.24 bits per heavy atom. The smallest absolute Gasteiger partial charge is 0.133 e. The molecule has 0 saturated heterocycles. The molecule has 0 saturated carbocycles. The molecule has 4 heteroatoms. The van der Waals surface area contributed by atoms with E-state index in [4.69, 9.17) is 10.3 Å². The van der Waals surface area contributed by atoms with Crippen molar-refractivity contribution in [3.05, 3.63) is 41.3 Å². The van der Waals surface area contributed by atoms with Gasteiger partial charge in [-0.2, -0.15) is 0 Å². The highest BCUT2D eigenvalue weighted by Gasteiger charge is 2.06. The Labute approximate surface area is 101 Å². The highest BCUT2D eigenvalue weighted by molar-refractivity contribution is 5.58. The number of benzene rings is 1. The Hall–Kier alpha value is -1.97. The van der Waals surface area contributed by atoms with E-state index in [1.54, 1.807) is 0 Å². The zero-order valence-corrected chi connectivity index (χ0v) is 10.4. The van der Waals surface area contributed by atoms with Crippen molar-refractivity contribution < 1.29 is 4.52 Å². The molecule has 0 radical (unpaired) electrons. The maximum atomic E-state index is 5.83. The molecular weight excluding hydrogens is 214 g/mol. The molecule has 2 N–H and O–H groups in total. The van der Waals surface area contributed by atoms with Crippen LogP contribution in [-0.4, -0.2) is 12.2 Å². The normalized spacial score (nSPS) is 10.5. The predicted molar refractivity (Wildman–Crippen MR) is 68.9 cm³/mol. The summed E-state index contributed by atoms with van der Waals surface area (Å²) < 4.78 is 5.05. The van der Waals surface area contributed by atoms with Gasteiger partial charge in [-0.3, -0.25) is 0 Å². The molecule has 0 atom stereocenters. The Morgan fingerprint density at radius 2 is 2.00 bits per heavy atom. The summed E-state index contributed by atoms with van der Waals surface area (Å²) in [6.07, 6.45) is 0. The largest absolute Gasteiger partial charge is 0.399 e. The molecular formula is C13H17N3O. The molecule has 2 aromatic rings. The molecule has 4 nitrogen and oxygen atoms in total. The minimum Gasteiger partial charge on any atom is -0.399 e. The lowest BCUT2D eigenvalue weighted by Gasteiger charge is -2.18. The van der Waals surface area contributed by atoms with Crippen LogP contribution in [0.1, 0.15) is 17.0 Å². The second kappa shape index (κ2) is 4.49. The van der Waals surface area contributed by atoms with Crippen molar-refractivity contribution in [1.82, 2.24) is 5.16 Å². The predicted octanol–water partition coefficient (Wildman–Crippen LogP) is 2.51. The fourth-order valence-corrected chi connectivity index (χ4v) is 1.84. The van der Waals surface area contributed by atoms with Crippen LogP contribution in [0.5, 0.6) is 0 Å². The molecule has 0 aliphatic carbocycles. The van der Waals surface area contributed by atoms with Gasteiger partial charge < -0.3 is 15.2 Å². The third kappa shape index (κ3) is 2.78. The number of anilines is 2. The van der Waals surface area contributed by atoms with Crippen LogP contribution in [0.3, 0.4) is 0 Å². The zero-order valence-electron chi connectivity index (χ0n) is 10.4. The molecule has 1 aromatic carbocycles. The summed E-state index contributed by atoms with van der Waals surface area (Å²) in [6.45, 7) is 4.63. The van der Waals surface area contributed by atoms with E-state index in [1.165, 1.54) is 0 Å². The van der Waals surface area contributed by atoms with Crippen LogP contribution in [0.2, 0.25) is 0 Å². The van der Waals surface area contributed by atoms with E-state index in [0.29, 0.717) is 6.54 Å². The summed E-state index contributed by atoms with van der Waals surface area (Å²) in [5.41, 5.74) is 9.78. The number of rotatable bonds is 3. The van der Waals surface area contributed by atoms with Crippen molar-refractivity contribution in [2.45, 2.75) is 20.4 Å². The molecule has 1 heterocycles. The lowest BCUT2D eigenvalue weighted by Crippen LogP contribution is -2.16. The number of nitrogen functional groups attached to an aromatic ring is 1. The SMILES string of the molecule is Cc1cc(N)cc(N(C)Cc2cc(C)on2)c1. The van der Waals surface area contributed by atoms with Crippen molar-refractivity contribution in [2.75, 3.05) is 17.7 Å². The molecule has 0 spiro atoms. The Morgan fingerprint density at radius 3 is 2.59 bits per heavy atom. The van der Waals surface area contributed by atoms with E-state index in [1.807, 2.05) is 39.1 Å². The number of nitrogens with two attached hydrogens (primary N) is 1. The minimum atomic E-state index is 0.709. The fraction of sp³-hybridized carbons (Fsp3) is 0.308. The average Bonchev–Trinajstić information content (AvgIpc) is 2.62. The lowest BCUT2D eigenvalue weighted by molar-refractivity contribution is 0.390. The van der Waals surface area contributed by atoms with Gasteiger partial charge in [0.05, 0.1) is 6.54 Å². The molecule has 1 aromatic heterocycles. The van der Waals surface area contributed by atoms with Gasteiger partial charge in [-0.05, 0) is 37.6 Å². The molecule has 17 heavy (non-hydrogen) atoms. The van der Waals surface area contributed by atoms with Crippen molar-refractivity contribution in [1.29, 1.82) is 0 Å². The zero-order chi connectivity index (χ0) is 12.4. The maximum absolute atomic E-state index is 5.83. The summed E-state index contributed by atoms with van der Waals surface area (Å²) >= 11 is 0. The monoisotopic (exact) mass is 231 g/mol. The van der Waals surface area contributed by atoms with Gasteiger partial charge in [0.1, 0.15) is 11.5 Å². The number of aromatic nitrogens is 1. The number of hydrogen-bond acceptors (Lipinski definition) is 4. The summed E-state index contributed by atoms with van der Waals surface area (Å²) in [7, 11) is 2.01. The van der Waals surface area contributed by atoms with Crippen LogP contribution in [0.4, 0.5) is 11.4 Å². The third-order valence-electron chi connectivity index (χ3n) is 2.60. The first-order valence-electron chi connectivity index (χ1n) is 5.55. The van der Waals surface area contributed by atoms with E-state index in [9.17, 15) is 0 Å². The Bertz CT molecular complexity index is 499. The molecule has 0 aliphatic heterocycles. The molecule has 0 aliphatic rings. The van der Waals surface area contributed by atoms with Gasteiger partial charge in [0, 0.05) is 24.5 Å². The lowest BCUT2D eigenvalue weighted by atomic mass is 10.2. The number of aryl methyl sites for hydroxylation is 2. The average molecular weight is 231 g/mol. The fourth-order valence-electron chi connectivity index (χ4n) is 1.84. The van der Waals surface area contributed by atoms with Gasteiger partial charge in [0.15, 0.2) is 0 Å². The summed E-state index contributed by atoms with van der Waals surface area (Å²) in [5.74, 6) is 0.831. The number of hydrogen-bond donors (Lipinski definition) is 1. The first-order valence-corrected chi connectivity index (χ1v) is 5.55. The van der Waals surface area contributed by atoms with Crippen LogP contribution < -0.4 is 10.6 Å². The highest BCUT2D eigenvalue weighted by Crippen LogP contribution is 2.20. The van der Waals surface area contributed by atoms with Crippen LogP contribution in [-0.2, 0) is 6.54 Å². The first-order chi connectivity index (χ1) is 8.04. The highest BCUT2D eigenvalue weighted by atomic mass is 16.5. The molecule has 0 amide bonds. The Balaban J connectivity index is 2.16. The van der Waals surface area contributed by atoms with E-state index in [-0.39, 0.29) is 0 Å². The topological polar surface area (TPSA) is 55.3 Å². The van der Waals surface area contributed by atoms with Gasteiger partial charge in [-0.25, -0.2) is 0 Å². The third-order valence-corrected chi connectivity index (χ3v) is 2.60. The van der Waals surface area contributed by atoms with E-state index < -0.39 is 0 Å². The first kappa shape index (κ1) is 11.5. The molecule has 0 fully saturated rings. The van der Waals surface area contributed by atoms with Crippen LogP contribution >= 0.6 is 0 Å². The molecule has 2 rings (SSSR count). The van der Waals surface area contributed by atoms with Crippen LogP contribution in [0, 0.1) is 13.8 Å². The molecule has 90 valence electrons. The summed E-state index contributed by atoms with van der Waals surface area (Å²) in [6, 6.07) is 7.95. The van der Waals surface area contributed by atoms with Crippen molar-refractivity contribution >= 4 is 11.4 Å². The van der Waals surface area contributed by atoms with Crippen LogP contribution in [0.25, 0.3) is 0 Å². The quantitative estimate of drug-likeness (QED) is 0.825. The van der Waals surface area contributed by atoms with E-state index in [0.717, 1.165) is 28.4 Å². The minimum absolute atomic E-state index is 0.709. The van der Waals surface area contributed by atoms with Crippen LogP contribution in [0.15, 0.2) is 28.8 Å². The number of nitrogens with zero attached hydrogens (tertiary/aromatic N) is 2. The molecule has 0 unspecified atom stereocenters. The van der Waals surface area contributed by atoms with Gasteiger partial charge in [0.25, 0.3) is 0 Å². The molecule has 0 bridgehead atoms. The van der Waals surface area contributed by atoms with Crippen molar-refractivity contribution in [3.8, 4) is 0 Å². The van der Waals surface area contributed by atoms with Crippen molar-refractivity contribution in [3.63, 3.8) is 0 Å². The Kier molecular flexibility index (Phi) is 3.04. The van der Waals surface area contributed by atoms with Crippen molar-refractivity contribution in [2.24, 2.45) is 0 Å².